The zero-order chi connectivity index (χ0) is 17.8. The summed E-state index contributed by atoms with van der Waals surface area (Å²) >= 11 is 0. The van der Waals surface area contributed by atoms with E-state index < -0.39 is 0 Å². The number of nitrogens with zero attached hydrogens (tertiary/aromatic N) is 4. The van der Waals surface area contributed by atoms with Gasteiger partial charge in [0.15, 0.2) is 5.82 Å². The van der Waals surface area contributed by atoms with Crippen LogP contribution in [-0.4, -0.2) is 33.0 Å². The Kier molecular flexibility index (Phi) is 4.70. The van der Waals surface area contributed by atoms with Gasteiger partial charge in [-0.25, -0.2) is 15.0 Å². The molecule has 0 amide bonds. The molecule has 0 fully saturated rings. The van der Waals surface area contributed by atoms with Crippen molar-refractivity contribution in [2.75, 3.05) is 23.7 Å². The third kappa shape index (κ3) is 3.62. The molecule has 3 N–H and O–H groups in total. The average Bonchev–Trinajstić information content (AvgIpc) is 3.15. The zero-order valence-corrected chi connectivity index (χ0v) is 14.7. The highest BCUT2D eigenvalue weighted by molar-refractivity contribution is 5.59. The summed E-state index contributed by atoms with van der Waals surface area (Å²) < 4.78 is 0. The van der Waals surface area contributed by atoms with E-state index in [0.717, 1.165) is 54.6 Å². The first-order chi connectivity index (χ1) is 12.8. The van der Waals surface area contributed by atoms with Crippen LogP contribution in [0.5, 0.6) is 0 Å². The molecule has 7 heteroatoms. The van der Waals surface area contributed by atoms with Crippen LogP contribution >= 0.6 is 0 Å². The van der Waals surface area contributed by atoms with Crippen LogP contribution in [0.1, 0.15) is 16.8 Å². The SMILES string of the molecule is Cc1ccnc(NCCNc2nc(-c3cccnc3)nc3c2CNC3)c1. The predicted octanol–water partition coefficient (Wildman–Crippen LogP) is 2.37. The van der Waals surface area contributed by atoms with E-state index in [2.05, 4.69) is 32.8 Å². The van der Waals surface area contributed by atoms with Crippen LogP contribution in [-0.2, 0) is 13.1 Å². The molecule has 26 heavy (non-hydrogen) atoms. The lowest BCUT2D eigenvalue weighted by Crippen LogP contribution is -2.16. The highest BCUT2D eigenvalue weighted by Crippen LogP contribution is 2.25. The molecule has 0 radical (unpaired) electrons. The molecule has 132 valence electrons. The maximum atomic E-state index is 4.73. The number of pyridine rings is 2. The second-order valence-corrected chi connectivity index (χ2v) is 6.24. The topological polar surface area (TPSA) is 87.7 Å². The summed E-state index contributed by atoms with van der Waals surface area (Å²) in [5, 5.41) is 10.1. The molecule has 4 rings (SSSR count). The normalized spacial score (nSPS) is 12.7. The molecule has 4 heterocycles. The maximum absolute atomic E-state index is 4.73. The number of anilines is 2. The van der Waals surface area contributed by atoms with Crippen molar-refractivity contribution in [1.82, 2.24) is 25.3 Å². The van der Waals surface area contributed by atoms with E-state index in [1.54, 1.807) is 12.4 Å². The van der Waals surface area contributed by atoms with Gasteiger partial charge in [0.2, 0.25) is 0 Å². The van der Waals surface area contributed by atoms with Crippen LogP contribution in [0.25, 0.3) is 11.4 Å². The van der Waals surface area contributed by atoms with Crippen molar-refractivity contribution < 1.29 is 0 Å². The highest BCUT2D eigenvalue weighted by Gasteiger charge is 2.19. The summed E-state index contributed by atoms with van der Waals surface area (Å²) in [5.41, 5.74) is 4.31. The Morgan fingerprint density at radius 3 is 2.85 bits per heavy atom. The van der Waals surface area contributed by atoms with Crippen LogP contribution in [0.2, 0.25) is 0 Å². The summed E-state index contributed by atoms with van der Waals surface area (Å²) in [4.78, 5) is 17.9. The highest BCUT2D eigenvalue weighted by atomic mass is 15.1. The molecule has 0 aromatic carbocycles. The van der Waals surface area contributed by atoms with Crippen LogP contribution in [0, 0.1) is 6.92 Å². The van der Waals surface area contributed by atoms with E-state index in [-0.39, 0.29) is 0 Å². The Morgan fingerprint density at radius 2 is 2.00 bits per heavy atom. The van der Waals surface area contributed by atoms with Gasteiger partial charge < -0.3 is 16.0 Å². The van der Waals surface area contributed by atoms with E-state index >= 15 is 0 Å². The Hall–Kier alpha value is -3.06. The van der Waals surface area contributed by atoms with Gasteiger partial charge in [-0.15, -0.1) is 0 Å². The Labute approximate surface area is 152 Å². The van der Waals surface area contributed by atoms with Crippen molar-refractivity contribution in [2.24, 2.45) is 0 Å². The molecule has 0 unspecified atom stereocenters. The summed E-state index contributed by atoms with van der Waals surface area (Å²) in [7, 11) is 0. The fraction of sp³-hybridized carbons (Fsp3) is 0.263. The molecule has 1 aliphatic rings. The lowest BCUT2D eigenvalue weighted by molar-refractivity contribution is 0.758. The lowest BCUT2D eigenvalue weighted by Gasteiger charge is -2.12. The number of aryl methyl sites for hydroxylation is 1. The number of aromatic nitrogens is 4. The first kappa shape index (κ1) is 16.4. The Balaban J connectivity index is 1.46. The monoisotopic (exact) mass is 347 g/mol. The first-order valence-corrected chi connectivity index (χ1v) is 8.71. The van der Waals surface area contributed by atoms with Gasteiger partial charge in [-0.05, 0) is 36.8 Å². The smallest absolute Gasteiger partial charge is 0.163 e. The van der Waals surface area contributed by atoms with Gasteiger partial charge in [0.25, 0.3) is 0 Å². The molecule has 0 saturated carbocycles. The standard InChI is InChI=1S/C19H21N7/c1-13-4-6-22-17(9-13)23-7-8-24-19-15-11-21-12-16(15)25-18(26-19)14-3-2-5-20-10-14/h2-6,9-10,21H,7-8,11-12H2,1H3,(H,22,23)(H,24,25,26). The van der Waals surface area contributed by atoms with Crippen molar-refractivity contribution in [2.45, 2.75) is 20.0 Å². The summed E-state index contributed by atoms with van der Waals surface area (Å²) in [6, 6.07) is 7.90. The number of hydrogen-bond acceptors (Lipinski definition) is 7. The van der Waals surface area contributed by atoms with E-state index in [1.807, 2.05) is 30.5 Å². The molecule has 0 spiro atoms. The van der Waals surface area contributed by atoms with Crippen molar-refractivity contribution in [3.63, 3.8) is 0 Å². The molecule has 7 nitrogen and oxygen atoms in total. The van der Waals surface area contributed by atoms with Crippen LogP contribution in [0.4, 0.5) is 11.6 Å². The largest absolute Gasteiger partial charge is 0.368 e. The van der Waals surface area contributed by atoms with Gasteiger partial charge >= 0.3 is 0 Å². The number of fused-ring (bicyclic) bond motifs is 1. The van der Waals surface area contributed by atoms with Crippen LogP contribution in [0.15, 0.2) is 42.9 Å². The molecule has 0 saturated heterocycles. The van der Waals surface area contributed by atoms with Gasteiger partial charge in [-0.2, -0.15) is 0 Å². The fourth-order valence-corrected chi connectivity index (χ4v) is 2.94. The molecule has 1 aliphatic heterocycles. The number of rotatable bonds is 6. The molecular formula is C19H21N7. The molecule has 3 aromatic heterocycles. The summed E-state index contributed by atoms with van der Waals surface area (Å²) in [5.74, 6) is 2.48. The second kappa shape index (κ2) is 7.45. The van der Waals surface area contributed by atoms with E-state index in [0.29, 0.717) is 5.82 Å². The molecule has 0 bridgehead atoms. The zero-order valence-electron chi connectivity index (χ0n) is 14.7. The predicted molar refractivity (Wildman–Crippen MR) is 102 cm³/mol. The van der Waals surface area contributed by atoms with E-state index in [9.17, 15) is 0 Å². The van der Waals surface area contributed by atoms with Crippen molar-refractivity contribution >= 4 is 11.6 Å². The minimum absolute atomic E-state index is 0.705. The molecular weight excluding hydrogens is 326 g/mol. The quantitative estimate of drug-likeness (QED) is 0.590. The van der Waals surface area contributed by atoms with E-state index in [1.165, 1.54) is 5.56 Å². The third-order valence-electron chi connectivity index (χ3n) is 4.25. The fourth-order valence-electron chi connectivity index (χ4n) is 2.94. The Morgan fingerprint density at radius 1 is 1.08 bits per heavy atom. The van der Waals surface area contributed by atoms with Crippen LogP contribution in [0.3, 0.4) is 0 Å². The minimum atomic E-state index is 0.705. The van der Waals surface area contributed by atoms with Gasteiger partial charge in [0, 0.05) is 55.9 Å². The maximum Gasteiger partial charge on any atom is 0.163 e. The molecule has 0 aliphatic carbocycles. The van der Waals surface area contributed by atoms with E-state index in [4.69, 9.17) is 9.97 Å². The lowest BCUT2D eigenvalue weighted by atomic mass is 10.2. The summed E-state index contributed by atoms with van der Waals surface area (Å²) in [6.07, 6.45) is 5.36. The Bertz CT molecular complexity index is 896. The van der Waals surface area contributed by atoms with Gasteiger partial charge in [-0.1, -0.05) is 0 Å². The molecule has 0 atom stereocenters. The van der Waals surface area contributed by atoms with Crippen molar-refractivity contribution in [3.8, 4) is 11.4 Å². The van der Waals surface area contributed by atoms with Gasteiger partial charge in [0.1, 0.15) is 11.6 Å². The van der Waals surface area contributed by atoms with Crippen LogP contribution < -0.4 is 16.0 Å². The third-order valence-corrected chi connectivity index (χ3v) is 4.25. The molecule has 3 aromatic rings. The summed E-state index contributed by atoms with van der Waals surface area (Å²) in [6.45, 7) is 5.11. The number of hydrogen-bond donors (Lipinski definition) is 3. The second-order valence-electron chi connectivity index (χ2n) is 6.24. The van der Waals surface area contributed by atoms with Crippen molar-refractivity contribution in [1.29, 1.82) is 0 Å². The van der Waals surface area contributed by atoms with Gasteiger partial charge in [0.05, 0.1) is 5.69 Å². The number of nitrogens with one attached hydrogen (secondary N) is 3. The van der Waals surface area contributed by atoms with Crippen molar-refractivity contribution in [3.05, 3.63) is 59.7 Å². The van der Waals surface area contributed by atoms with Gasteiger partial charge in [-0.3, -0.25) is 4.98 Å². The average molecular weight is 347 g/mol. The first-order valence-electron chi connectivity index (χ1n) is 8.71. The minimum Gasteiger partial charge on any atom is -0.368 e.